The van der Waals surface area contributed by atoms with Crippen LogP contribution in [0.4, 0.5) is 5.69 Å². The molecular formula is C20H14N2O3. The van der Waals surface area contributed by atoms with Crippen LogP contribution in [0, 0.1) is 21.4 Å². The van der Waals surface area contributed by atoms with Crippen molar-refractivity contribution in [1.82, 2.24) is 0 Å². The first-order valence-corrected chi connectivity index (χ1v) is 7.75. The molecule has 0 aliphatic carbocycles. The summed E-state index contributed by atoms with van der Waals surface area (Å²) in [6.45, 7) is 0. The molecular weight excluding hydrogens is 316 g/mol. The molecule has 0 amide bonds. The predicted octanol–water partition coefficient (Wildman–Crippen LogP) is 4.63. The highest BCUT2D eigenvalue weighted by atomic mass is 16.6. The molecule has 0 saturated carbocycles. The molecule has 3 rings (SSSR count). The van der Waals surface area contributed by atoms with Gasteiger partial charge in [0.2, 0.25) is 0 Å². The summed E-state index contributed by atoms with van der Waals surface area (Å²) in [4.78, 5) is 23.6. The highest BCUT2D eigenvalue weighted by Gasteiger charge is 2.26. The Labute approximate surface area is 144 Å². The fourth-order valence-corrected chi connectivity index (χ4v) is 2.91. The van der Waals surface area contributed by atoms with Crippen molar-refractivity contribution in [2.45, 2.75) is 12.3 Å². The first-order chi connectivity index (χ1) is 12.1. The molecule has 25 heavy (non-hydrogen) atoms. The number of fused-ring (bicyclic) bond motifs is 1. The molecule has 0 aromatic heterocycles. The maximum absolute atomic E-state index is 12.4. The van der Waals surface area contributed by atoms with Crippen LogP contribution >= 0.6 is 0 Å². The molecule has 3 aromatic carbocycles. The van der Waals surface area contributed by atoms with Gasteiger partial charge in [-0.15, -0.1) is 0 Å². The largest absolute Gasteiger partial charge is 0.294 e. The lowest BCUT2D eigenvalue weighted by atomic mass is 9.89. The summed E-state index contributed by atoms with van der Waals surface area (Å²) in [5.41, 5.74) is 0.659. The summed E-state index contributed by atoms with van der Waals surface area (Å²) in [6, 6.07) is 21.0. The smallest absolute Gasteiger partial charge is 0.281 e. The van der Waals surface area contributed by atoms with E-state index >= 15 is 0 Å². The maximum Gasteiger partial charge on any atom is 0.281 e. The van der Waals surface area contributed by atoms with Gasteiger partial charge in [0.1, 0.15) is 0 Å². The van der Waals surface area contributed by atoms with E-state index in [0.29, 0.717) is 10.9 Å². The van der Waals surface area contributed by atoms with Gasteiger partial charge in [-0.2, -0.15) is 5.26 Å². The fourth-order valence-electron chi connectivity index (χ4n) is 2.91. The number of nitro benzene ring substituents is 1. The Morgan fingerprint density at radius 2 is 1.72 bits per heavy atom. The second kappa shape index (κ2) is 6.93. The first-order valence-electron chi connectivity index (χ1n) is 7.75. The lowest BCUT2D eigenvalue weighted by Gasteiger charge is -2.11. The minimum atomic E-state index is -0.877. The summed E-state index contributed by atoms with van der Waals surface area (Å²) in [7, 11) is 0. The van der Waals surface area contributed by atoms with Crippen LogP contribution in [0.1, 0.15) is 28.3 Å². The number of nitrogens with zero attached hydrogens (tertiary/aromatic N) is 2. The molecule has 0 fully saturated rings. The number of carbonyl (C=O) groups is 1. The van der Waals surface area contributed by atoms with Gasteiger partial charge in [-0.3, -0.25) is 14.9 Å². The molecule has 5 heteroatoms. The van der Waals surface area contributed by atoms with E-state index in [1.165, 1.54) is 0 Å². The molecule has 0 aliphatic heterocycles. The lowest BCUT2D eigenvalue weighted by Crippen LogP contribution is -2.08. The van der Waals surface area contributed by atoms with Crippen LogP contribution in [0.15, 0.2) is 66.7 Å². The molecule has 0 spiro atoms. The van der Waals surface area contributed by atoms with Crippen LogP contribution in [0.3, 0.4) is 0 Å². The quantitative estimate of drug-likeness (QED) is 0.388. The number of rotatable bonds is 5. The lowest BCUT2D eigenvalue weighted by molar-refractivity contribution is -0.383. The molecule has 0 heterocycles. The van der Waals surface area contributed by atoms with Gasteiger partial charge in [-0.05, 0) is 11.5 Å². The summed E-state index contributed by atoms with van der Waals surface area (Å²) < 4.78 is 0. The minimum Gasteiger partial charge on any atom is -0.294 e. The number of nitriles is 1. The zero-order chi connectivity index (χ0) is 17.8. The van der Waals surface area contributed by atoms with Gasteiger partial charge >= 0.3 is 0 Å². The second-order valence-electron chi connectivity index (χ2n) is 5.66. The number of carbonyl (C=O) groups excluding carboxylic acids is 1. The second-order valence-corrected chi connectivity index (χ2v) is 5.66. The average Bonchev–Trinajstić information content (AvgIpc) is 2.65. The van der Waals surface area contributed by atoms with E-state index in [9.17, 15) is 20.2 Å². The van der Waals surface area contributed by atoms with Crippen LogP contribution in [-0.4, -0.2) is 10.7 Å². The van der Waals surface area contributed by atoms with Crippen molar-refractivity contribution in [3.8, 4) is 6.07 Å². The Morgan fingerprint density at radius 1 is 1.04 bits per heavy atom. The molecule has 1 atom stereocenters. The summed E-state index contributed by atoms with van der Waals surface area (Å²) in [6.07, 6.45) is -0.0975. The van der Waals surface area contributed by atoms with E-state index < -0.39 is 10.8 Å². The van der Waals surface area contributed by atoms with Crippen molar-refractivity contribution in [3.05, 3.63) is 88.0 Å². The Bertz CT molecular complexity index is 991. The summed E-state index contributed by atoms with van der Waals surface area (Å²) >= 11 is 0. The molecule has 0 saturated heterocycles. The molecule has 5 nitrogen and oxygen atoms in total. The van der Waals surface area contributed by atoms with Gasteiger partial charge in [-0.25, -0.2) is 0 Å². The summed E-state index contributed by atoms with van der Waals surface area (Å²) in [5, 5.41) is 22.3. The molecule has 0 bridgehead atoms. The Morgan fingerprint density at radius 3 is 2.40 bits per heavy atom. The normalized spacial score (nSPS) is 11.6. The number of Topliss-reactive ketones (excluding diaryl/α,β-unsaturated/α-hetero) is 1. The van der Waals surface area contributed by atoms with Crippen molar-refractivity contribution in [3.63, 3.8) is 0 Å². The predicted molar refractivity (Wildman–Crippen MR) is 94.3 cm³/mol. The Kier molecular flexibility index (Phi) is 4.53. The van der Waals surface area contributed by atoms with Gasteiger partial charge < -0.3 is 0 Å². The van der Waals surface area contributed by atoms with Crippen molar-refractivity contribution in [2.75, 3.05) is 0 Å². The number of hydrogen-bond donors (Lipinski definition) is 0. The standard InChI is InChI=1S/C20H14N2O3/c21-13-16(12-19(23)15-7-2-1-3-8-15)18-11-10-14-6-4-5-9-17(14)20(18)22(24)25/h1-11,16H,12H2. The average molecular weight is 330 g/mol. The third-order valence-electron chi connectivity index (χ3n) is 4.13. The summed E-state index contributed by atoms with van der Waals surface area (Å²) in [5.74, 6) is -1.09. The van der Waals surface area contributed by atoms with Crippen LogP contribution in [0.2, 0.25) is 0 Å². The van der Waals surface area contributed by atoms with E-state index in [1.54, 1.807) is 66.7 Å². The third kappa shape index (κ3) is 3.24. The topological polar surface area (TPSA) is 84.0 Å². The van der Waals surface area contributed by atoms with Gasteiger partial charge in [0, 0.05) is 17.5 Å². The van der Waals surface area contributed by atoms with E-state index in [4.69, 9.17) is 0 Å². The van der Waals surface area contributed by atoms with Gasteiger partial charge in [0.15, 0.2) is 5.78 Å². The maximum atomic E-state index is 12.4. The van der Waals surface area contributed by atoms with E-state index in [1.807, 2.05) is 0 Å². The van der Waals surface area contributed by atoms with Crippen LogP contribution in [0.25, 0.3) is 10.8 Å². The van der Waals surface area contributed by atoms with Crippen molar-refractivity contribution in [1.29, 1.82) is 5.26 Å². The third-order valence-corrected chi connectivity index (χ3v) is 4.13. The highest BCUT2D eigenvalue weighted by molar-refractivity contribution is 5.97. The SMILES string of the molecule is N#CC(CC(=O)c1ccccc1)c1ccc2ccccc2c1[N+](=O)[O-]. The van der Waals surface area contributed by atoms with Gasteiger partial charge in [0.05, 0.1) is 22.3 Å². The molecule has 122 valence electrons. The zero-order valence-corrected chi connectivity index (χ0v) is 13.3. The highest BCUT2D eigenvalue weighted by Crippen LogP contribution is 2.35. The van der Waals surface area contributed by atoms with Crippen molar-refractivity contribution < 1.29 is 9.72 Å². The molecule has 0 radical (unpaired) electrons. The van der Waals surface area contributed by atoms with E-state index in [-0.39, 0.29) is 23.5 Å². The molecule has 0 N–H and O–H groups in total. The van der Waals surface area contributed by atoms with E-state index in [0.717, 1.165) is 5.39 Å². The van der Waals surface area contributed by atoms with Crippen molar-refractivity contribution >= 4 is 22.2 Å². The zero-order valence-electron chi connectivity index (χ0n) is 13.3. The van der Waals surface area contributed by atoms with Crippen LogP contribution in [0.5, 0.6) is 0 Å². The molecule has 3 aromatic rings. The van der Waals surface area contributed by atoms with Crippen LogP contribution < -0.4 is 0 Å². The first kappa shape index (κ1) is 16.3. The Hall–Kier alpha value is -3.52. The van der Waals surface area contributed by atoms with Gasteiger partial charge in [0.25, 0.3) is 5.69 Å². The number of hydrogen-bond acceptors (Lipinski definition) is 4. The molecule has 0 aliphatic rings. The minimum absolute atomic E-state index is 0.0975. The van der Waals surface area contributed by atoms with Gasteiger partial charge in [-0.1, -0.05) is 60.7 Å². The Balaban J connectivity index is 2.04. The van der Waals surface area contributed by atoms with Crippen LogP contribution in [-0.2, 0) is 0 Å². The number of benzene rings is 3. The van der Waals surface area contributed by atoms with E-state index in [2.05, 4.69) is 6.07 Å². The van der Waals surface area contributed by atoms with Crippen molar-refractivity contribution in [2.24, 2.45) is 0 Å². The number of nitro groups is 1. The molecule has 1 unspecified atom stereocenters. The monoisotopic (exact) mass is 330 g/mol. The fraction of sp³-hybridized carbons (Fsp3) is 0.100. The number of ketones is 1.